The average Bonchev–Trinajstić information content (AvgIpc) is 2.70. The van der Waals surface area contributed by atoms with Crippen molar-refractivity contribution in [2.24, 2.45) is 0 Å². The molecule has 2 aliphatic rings. The van der Waals surface area contributed by atoms with E-state index >= 15 is 0 Å². The molecule has 152 valence electrons. The van der Waals surface area contributed by atoms with E-state index in [0.29, 0.717) is 5.69 Å². The van der Waals surface area contributed by atoms with Crippen LogP contribution in [0.5, 0.6) is 5.75 Å². The van der Waals surface area contributed by atoms with Gasteiger partial charge in [0.2, 0.25) is 0 Å². The van der Waals surface area contributed by atoms with Gasteiger partial charge in [-0.2, -0.15) is 0 Å². The summed E-state index contributed by atoms with van der Waals surface area (Å²) in [4.78, 5) is 28.0. The molecule has 0 aromatic heterocycles. The molecule has 1 fully saturated rings. The van der Waals surface area contributed by atoms with E-state index in [1.165, 1.54) is 17.7 Å². The number of carboxylic acids is 1. The van der Waals surface area contributed by atoms with E-state index in [1.807, 2.05) is 12.1 Å². The predicted octanol–water partition coefficient (Wildman–Crippen LogP) is 2.97. The standard InChI is InChI=1S/C22H25N3O4/c1-24-10-9-17-18-12-16(26)8-5-14(18)11-19(24)20(17)25(2)22(29)23-15-6-3-13(4-7-15)21(27)28/h3-8,12,17,19-20,26H,9-11H2,1-2H3,(H,23,29)(H,27,28)/t17?,19?,20-/m0/s1. The van der Waals surface area contributed by atoms with Crippen molar-refractivity contribution in [3.63, 3.8) is 0 Å². The number of likely N-dealkylation sites (tertiary alicyclic amines) is 1. The molecule has 3 atom stereocenters. The lowest BCUT2D eigenvalue weighted by molar-refractivity contribution is 0.0628. The first-order valence-electron chi connectivity index (χ1n) is 9.74. The number of aromatic hydroxyl groups is 1. The molecule has 1 heterocycles. The Balaban J connectivity index is 1.57. The van der Waals surface area contributed by atoms with Gasteiger partial charge in [-0.15, -0.1) is 0 Å². The highest BCUT2D eigenvalue weighted by Crippen LogP contribution is 2.43. The van der Waals surface area contributed by atoms with E-state index in [9.17, 15) is 14.7 Å². The number of carbonyl (C=O) groups is 2. The average molecular weight is 395 g/mol. The van der Waals surface area contributed by atoms with E-state index < -0.39 is 5.97 Å². The number of anilines is 1. The predicted molar refractivity (Wildman–Crippen MR) is 110 cm³/mol. The van der Waals surface area contributed by atoms with Crippen LogP contribution in [0.2, 0.25) is 0 Å². The zero-order chi connectivity index (χ0) is 20.7. The molecule has 2 amide bonds. The molecule has 3 N–H and O–H groups in total. The van der Waals surface area contributed by atoms with Gasteiger partial charge in [0.25, 0.3) is 0 Å². The second-order valence-electron chi connectivity index (χ2n) is 7.94. The molecule has 2 aromatic rings. The summed E-state index contributed by atoms with van der Waals surface area (Å²) in [6.45, 7) is 0.951. The van der Waals surface area contributed by atoms with Crippen LogP contribution in [0.15, 0.2) is 42.5 Å². The van der Waals surface area contributed by atoms with Gasteiger partial charge in [0.1, 0.15) is 5.75 Å². The Kier molecular flexibility index (Phi) is 4.92. The van der Waals surface area contributed by atoms with Gasteiger partial charge in [-0.25, -0.2) is 9.59 Å². The summed E-state index contributed by atoms with van der Waals surface area (Å²) >= 11 is 0. The van der Waals surface area contributed by atoms with Gasteiger partial charge in [0, 0.05) is 24.7 Å². The monoisotopic (exact) mass is 395 g/mol. The molecular weight excluding hydrogens is 370 g/mol. The van der Waals surface area contributed by atoms with Crippen molar-refractivity contribution in [3.05, 3.63) is 59.2 Å². The number of hydrogen-bond acceptors (Lipinski definition) is 4. The van der Waals surface area contributed by atoms with Crippen LogP contribution in [-0.2, 0) is 6.42 Å². The molecule has 1 aliphatic carbocycles. The van der Waals surface area contributed by atoms with Crippen LogP contribution in [0.25, 0.3) is 0 Å². The molecule has 7 nitrogen and oxygen atoms in total. The molecule has 4 rings (SSSR count). The highest BCUT2D eigenvalue weighted by molar-refractivity contribution is 5.91. The summed E-state index contributed by atoms with van der Waals surface area (Å²) < 4.78 is 0. The number of hydrogen-bond donors (Lipinski definition) is 3. The van der Waals surface area contributed by atoms with Gasteiger partial charge in [-0.1, -0.05) is 6.07 Å². The van der Waals surface area contributed by atoms with Gasteiger partial charge in [0.05, 0.1) is 11.6 Å². The molecule has 2 aromatic carbocycles. The fourth-order valence-electron chi connectivity index (χ4n) is 4.73. The molecule has 1 aliphatic heterocycles. The van der Waals surface area contributed by atoms with Crippen LogP contribution in [0.1, 0.15) is 33.8 Å². The van der Waals surface area contributed by atoms with Crippen molar-refractivity contribution in [2.75, 3.05) is 26.0 Å². The topological polar surface area (TPSA) is 93.1 Å². The van der Waals surface area contributed by atoms with E-state index in [0.717, 1.165) is 24.9 Å². The third-order valence-corrected chi connectivity index (χ3v) is 6.27. The fraction of sp³-hybridized carbons (Fsp3) is 0.364. The van der Waals surface area contributed by atoms with Crippen molar-refractivity contribution in [1.29, 1.82) is 0 Å². The first-order valence-corrected chi connectivity index (χ1v) is 9.74. The number of piperidine rings is 1. The lowest BCUT2D eigenvalue weighted by atomic mass is 9.71. The third kappa shape index (κ3) is 3.53. The number of phenols is 1. The number of nitrogens with one attached hydrogen (secondary N) is 1. The maximum absolute atomic E-state index is 13.0. The Morgan fingerprint density at radius 2 is 1.90 bits per heavy atom. The van der Waals surface area contributed by atoms with Crippen molar-refractivity contribution in [3.8, 4) is 5.75 Å². The van der Waals surface area contributed by atoms with Crippen LogP contribution in [0, 0.1) is 0 Å². The van der Waals surface area contributed by atoms with E-state index in [2.05, 4.69) is 17.3 Å². The SMILES string of the molecule is CN1CCC2c3cc(O)ccc3CC1[C@H]2N(C)C(=O)Nc1ccc(C(=O)O)cc1. The lowest BCUT2D eigenvalue weighted by Gasteiger charge is -2.51. The quantitative estimate of drug-likeness (QED) is 0.743. The Hall–Kier alpha value is -3.06. The number of phenolic OH excluding ortho intramolecular Hbond substituents is 1. The Bertz CT molecular complexity index is 944. The van der Waals surface area contributed by atoms with Gasteiger partial charge in [-0.05, 0) is 74.0 Å². The third-order valence-electron chi connectivity index (χ3n) is 6.27. The minimum absolute atomic E-state index is 0.0126. The lowest BCUT2D eigenvalue weighted by Crippen LogP contribution is -2.61. The van der Waals surface area contributed by atoms with E-state index in [-0.39, 0.29) is 35.3 Å². The van der Waals surface area contributed by atoms with Gasteiger partial charge in [0.15, 0.2) is 0 Å². The number of benzene rings is 2. The number of likely N-dealkylation sites (N-methyl/N-ethyl adjacent to an activating group) is 2. The molecule has 0 saturated carbocycles. The number of nitrogens with zero attached hydrogens (tertiary/aromatic N) is 2. The number of urea groups is 1. The molecule has 2 bridgehead atoms. The van der Waals surface area contributed by atoms with Crippen molar-refractivity contribution >= 4 is 17.7 Å². The van der Waals surface area contributed by atoms with Crippen molar-refractivity contribution < 1.29 is 19.8 Å². The second kappa shape index (κ2) is 7.40. The molecule has 29 heavy (non-hydrogen) atoms. The Morgan fingerprint density at radius 1 is 1.17 bits per heavy atom. The Labute approximate surface area is 169 Å². The summed E-state index contributed by atoms with van der Waals surface area (Å²) in [7, 11) is 3.90. The normalized spacial score (nSPS) is 23.2. The highest BCUT2D eigenvalue weighted by Gasteiger charge is 2.45. The Morgan fingerprint density at radius 3 is 2.59 bits per heavy atom. The number of fused-ring (bicyclic) bond motifs is 4. The minimum atomic E-state index is -1.00. The smallest absolute Gasteiger partial charge is 0.335 e. The van der Waals surface area contributed by atoms with Crippen LogP contribution in [-0.4, -0.2) is 64.7 Å². The first kappa shape index (κ1) is 19.3. The summed E-state index contributed by atoms with van der Waals surface area (Å²) in [6.07, 6.45) is 1.75. The largest absolute Gasteiger partial charge is 0.508 e. The van der Waals surface area contributed by atoms with Crippen molar-refractivity contribution in [2.45, 2.75) is 30.8 Å². The first-order chi connectivity index (χ1) is 13.8. The zero-order valence-electron chi connectivity index (χ0n) is 16.5. The maximum atomic E-state index is 13.0. The molecule has 0 spiro atoms. The minimum Gasteiger partial charge on any atom is -0.508 e. The van der Waals surface area contributed by atoms with Gasteiger partial charge >= 0.3 is 12.0 Å². The summed E-state index contributed by atoms with van der Waals surface area (Å²) in [5.74, 6) is -0.581. The number of amides is 2. The van der Waals surface area contributed by atoms with E-state index in [1.54, 1.807) is 30.1 Å². The van der Waals surface area contributed by atoms with Gasteiger partial charge in [-0.3, -0.25) is 0 Å². The summed E-state index contributed by atoms with van der Waals surface area (Å²) in [5, 5.41) is 21.9. The maximum Gasteiger partial charge on any atom is 0.335 e. The molecule has 7 heteroatoms. The summed E-state index contributed by atoms with van der Waals surface area (Å²) in [5.41, 5.74) is 3.10. The van der Waals surface area contributed by atoms with Gasteiger partial charge < -0.3 is 25.3 Å². The number of rotatable bonds is 3. The number of carboxylic acid groups (broad SMARTS) is 1. The molecule has 2 unspecified atom stereocenters. The molecule has 0 radical (unpaired) electrons. The zero-order valence-corrected chi connectivity index (χ0v) is 16.5. The molecular formula is C22H25N3O4. The van der Waals surface area contributed by atoms with Crippen molar-refractivity contribution in [1.82, 2.24) is 9.80 Å². The second-order valence-corrected chi connectivity index (χ2v) is 7.94. The van der Waals surface area contributed by atoms with Crippen LogP contribution in [0.3, 0.4) is 0 Å². The molecule has 1 saturated heterocycles. The van der Waals surface area contributed by atoms with Crippen LogP contribution >= 0.6 is 0 Å². The summed E-state index contributed by atoms with van der Waals surface area (Å²) in [6, 6.07) is 11.7. The van der Waals surface area contributed by atoms with E-state index in [4.69, 9.17) is 5.11 Å². The fourth-order valence-corrected chi connectivity index (χ4v) is 4.73. The number of carbonyl (C=O) groups excluding carboxylic acids is 1. The highest BCUT2D eigenvalue weighted by atomic mass is 16.4. The van der Waals surface area contributed by atoms with Crippen LogP contribution in [0.4, 0.5) is 10.5 Å². The number of aromatic carboxylic acids is 1. The van der Waals surface area contributed by atoms with Crippen LogP contribution < -0.4 is 5.32 Å².